The molecule has 0 aliphatic heterocycles. The Bertz CT molecular complexity index is 785. The highest BCUT2D eigenvalue weighted by atomic mass is 19.1. The lowest BCUT2D eigenvalue weighted by Crippen LogP contribution is -2.30. The number of aliphatic carboxylic acids is 1. The molecule has 2 aromatic rings. The fraction of sp³-hybridized carbons (Fsp3) is 0.312. The average Bonchev–Trinajstić information content (AvgIpc) is 2.49. The number of carboxylic acid groups (broad SMARTS) is 1. The Morgan fingerprint density at radius 3 is 2.91 bits per heavy atom. The molecule has 0 amide bonds. The van der Waals surface area contributed by atoms with Crippen molar-refractivity contribution in [2.45, 2.75) is 25.8 Å². The summed E-state index contributed by atoms with van der Waals surface area (Å²) in [4.78, 5) is 23.2. The van der Waals surface area contributed by atoms with Crippen molar-refractivity contribution in [3.8, 4) is 0 Å². The Kier molecular flexibility index (Phi) is 3.75. The third kappa shape index (κ3) is 2.77. The normalized spacial score (nSPS) is 17.0. The number of aromatic nitrogens is 2. The SMILES string of the molecule is O=C(O)C1CCc2nn(Cc3ccccc3F)c(=O)cc2C1. The molecule has 0 spiro atoms. The standard InChI is InChI=1S/C16H15FN2O3/c17-13-4-2-1-3-11(13)9-19-15(20)8-12-7-10(16(21)22)5-6-14(12)18-19/h1-4,8,10H,5-7,9H2,(H,21,22). The first-order valence-electron chi connectivity index (χ1n) is 7.10. The van der Waals surface area contributed by atoms with Gasteiger partial charge in [-0.1, -0.05) is 18.2 Å². The summed E-state index contributed by atoms with van der Waals surface area (Å²) in [6, 6.07) is 7.69. The fourth-order valence-electron chi connectivity index (χ4n) is 2.74. The maximum atomic E-state index is 13.7. The van der Waals surface area contributed by atoms with Gasteiger partial charge in [-0.2, -0.15) is 5.10 Å². The van der Waals surface area contributed by atoms with Crippen LogP contribution in [0.4, 0.5) is 4.39 Å². The Morgan fingerprint density at radius 2 is 2.18 bits per heavy atom. The molecule has 114 valence electrons. The Morgan fingerprint density at radius 1 is 1.41 bits per heavy atom. The maximum absolute atomic E-state index is 13.7. The van der Waals surface area contributed by atoms with Crippen molar-refractivity contribution < 1.29 is 14.3 Å². The lowest BCUT2D eigenvalue weighted by atomic mass is 9.87. The van der Waals surface area contributed by atoms with Gasteiger partial charge in [0.05, 0.1) is 18.2 Å². The Labute approximate surface area is 126 Å². The van der Waals surface area contributed by atoms with Crippen LogP contribution in [-0.2, 0) is 24.2 Å². The van der Waals surface area contributed by atoms with Crippen molar-refractivity contribution in [2.24, 2.45) is 5.92 Å². The first kappa shape index (κ1) is 14.4. The molecule has 3 rings (SSSR count). The quantitative estimate of drug-likeness (QED) is 0.935. The van der Waals surface area contributed by atoms with E-state index in [0.29, 0.717) is 30.4 Å². The number of benzene rings is 1. The van der Waals surface area contributed by atoms with Gasteiger partial charge < -0.3 is 5.11 Å². The van der Waals surface area contributed by atoms with E-state index >= 15 is 0 Å². The third-order valence-corrected chi connectivity index (χ3v) is 3.99. The van der Waals surface area contributed by atoms with E-state index in [4.69, 9.17) is 5.11 Å². The predicted octanol–water partition coefficient (Wildman–Crippen LogP) is 1.62. The summed E-state index contributed by atoms with van der Waals surface area (Å²) >= 11 is 0. The van der Waals surface area contributed by atoms with Crippen LogP contribution in [0.1, 0.15) is 23.2 Å². The summed E-state index contributed by atoms with van der Waals surface area (Å²) in [5, 5.41) is 13.4. The van der Waals surface area contributed by atoms with Crippen molar-refractivity contribution in [2.75, 3.05) is 0 Å². The van der Waals surface area contributed by atoms with Crippen LogP contribution in [0.2, 0.25) is 0 Å². The van der Waals surface area contributed by atoms with Crippen LogP contribution in [0.15, 0.2) is 35.1 Å². The van der Waals surface area contributed by atoms with Crippen molar-refractivity contribution in [3.63, 3.8) is 0 Å². The smallest absolute Gasteiger partial charge is 0.306 e. The van der Waals surface area contributed by atoms with E-state index < -0.39 is 11.9 Å². The summed E-state index contributed by atoms with van der Waals surface area (Å²) < 4.78 is 14.9. The summed E-state index contributed by atoms with van der Waals surface area (Å²) in [6.45, 7) is 0.0706. The third-order valence-electron chi connectivity index (χ3n) is 3.99. The molecular weight excluding hydrogens is 287 g/mol. The Hall–Kier alpha value is -2.50. The number of halogens is 1. The molecule has 5 nitrogen and oxygen atoms in total. The van der Waals surface area contributed by atoms with Crippen LogP contribution in [-0.4, -0.2) is 20.9 Å². The number of nitrogens with zero attached hydrogens (tertiary/aromatic N) is 2. The molecular formula is C16H15FN2O3. The molecule has 6 heteroatoms. The van der Waals surface area contributed by atoms with Crippen LogP contribution in [0, 0.1) is 11.7 Å². The highest BCUT2D eigenvalue weighted by molar-refractivity contribution is 5.70. The first-order valence-corrected chi connectivity index (χ1v) is 7.10. The largest absolute Gasteiger partial charge is 0.481 e. The number of hydrogen-bond donors (Lipinski definition) is 1. The number of aryl methyl sites for hydroxylation is 1. The minimum absolute atomic E-state index is 0.0706. The van der Waals surface area contributed by atoms with Crippen LogP contribution in [0.5, 0.6) is 0 Å². The molecule has 1 atom stereocenters. The molecule has 0 radical (unpaired) electrons. The van der Waals surface area contributed by atoms with Crippen molar-refractivity contribution in [1.82, 2.24) is 9.78 Å². The Balaban J connectivity index is 1.91. The molecule has 1 aromatic carbocycles. The van der Waals surface area contributed by atoms with Gasteiger partial charge in [-0.3, -0.25) is 9.59 Å². The molecule has 0 saturated heterocycles. The van der Waals surface area contributed by atoms with Gasteiger partial charge in [-0.15, -0.1) is 0 Å². The maximum Gasteiger partial charge on any atom is 0.306 e. The number of fused-ring (bicyclic) bond motifs is 1. The first-order chi connectivity index (χ1) is 10.5. The van der Waals surface area contributed by atoms with Gasteiger partial charge in [0.15, 0.2) is 0 Å². The number of carboxylic acids is 1. The van der Waals surface area contributed by atoms with Crippen LogP contribution in [0.25, 0.3) is 0 Å². The summed E-state index contributed by atoms with van der Waals surface area (Å²) in [5.74, 6) is -1.68. The van der Waals surface area contributed by atoms with Gasteiger partial charge in [0.2, 0.25) is 0 Å². The molecule has 0 bridgehead atoms. The number of carbonyl (C=O) groups is 1. The highest BCUT2D eigenvalue weighted by Crippen LogP contribution is 2.23. The second-order valence-corrected chi connectivity index (χ2v) is 5.48. The van der Waals surface area contributed by atoms with Gasteiger partial charge in [-0.05, 0) is 30.9 Å². The molecule has 1 heterocycles. The monoisotopic (exact) mass is 302 g/mol. The predicted molar refractivity (Wildman–Crippen MR) is 77.1 cm³/mol. The van der Waals surface area contributed by atoms with Gasteiger partial charge in [0.25, 0.3) is 5.56 Å². The van der Waals surface area contributed by atoms with Gasteiger partial charge >= 0.3 is 5.97 Å². The van der Waals surface area contributed by atoms with Crippen molar-refractivity contribution >= 4 is 5.97 Å². The van der Waals surface area contributed by atoms with E-state index in [1.807, 2.05) is 0 Å². The van der Waals surface area contributed by atoms with Crippen LogP contribution in [0.3, 0.4) is 0 Å². The minimum atomic E-state index is -0.846. The summed E-state index contributed by atoms with van der Waals surface area (Å²) in [5.41, 5.74) is 1.48. The summed E-state index contributed by atoms with van der Waals surface area (Å²) in [6.07, 6.45) is 1.35. The number of hydrogen-bond acceptors (Lipinski definition) is 3. The summed E-state index contributed by atoms with van der Waals surface area (Å²) in [7, 11) is 0. The van der Waals surface area contributed by atoms with E-state index in [9.17, 15) is 14.0 Å². The number of rotatable bonds is 3. The zero-order valence-electron chi connectivity index (χ0n) is 11.8. The van der Waals surface area contributed by atoms with Crippen molar-refractivity contribution in [1.29, 1.82) is 0 Å². The van der Waals surface area contributed by atoms with E-state index in [-0.39, 0.29) is 17.9 Å². The molecule has 1 aliphatic rings. The minimum Gasteiger partial charge on any atom is -0.481 e. The van der Waals surface area contributed by atoms with Crippen LogP contribution < -0.4 is 5.56 Å². The van der Waals surface area contributed by atoms with Gasteiger partial charge in [-0.25, -0.2) is 9.07 Å². The fourth-order valence-corrected chi connectivity index (χ4v) is 2.74. The van der Waals surface area contributed by atoms with Gasteiger partial charge in [0.1, 0.15) is 5.82 Å². The van der Waals surface area contributed by atoms with E-state index in [1.54, 1.807) is 18.2 Å². The van der Waals surface area contributed by atoms with Gasteiger partial charge in [0, 0.05) is 11.6 Å². The molecule has 1 unspecified atom stereocenters. The van der Waals surface area contributed by atoms with Crippen molar-refractivity contribution in [3.05, 3.63) is 63.3 Å². The molecule has 1 N–H and O–H groups in total. The average molecular weight is 302 g/mol. The topological polar surface area (TPSA) is 72.2 Å². The van der Waals surface area contributed by atoms with E-state index in [0.717, 1.165) is 5.69 Å². The molecule has 0 saturated carbocycles. The molecule has 1 aromatic heterocycles. The zero-order valence-corrected chi connectivity index (χ0v) is 11.8. The lowest BCUT2D eigenvalue weighted by molar-refractivity contribution is -0.142. The zero-order chi connectivity index (χ0) is 15.7. The molecule has 22 heavy (non-hydrogen) atoms. The van der Waals surface area contributed by atoms with E-state index in [2.05, 4.69) is 5.10 Å². The van der Waals surface area contributed by atoms with Crippen LogP contribution >= 0.6 is 0 Å². The second-order valence-electron chi connectivity index (χ2n) is 5.48. The van der Waals surface area contributed by atoms with E-state index in [1.165, 1.54) is 16.8 Å². The lowest BCUT2D eigenvalue weighted by Gasteiger charge is -2.21. The highest BCUT2D eigenvalue weighted by Gasteiger charge is 2.26. The molecule has 0 fully saturated rings. The molecule has 1 aliphatic carbocycles. The second kappa shape index (κ2) is 5.71.